The van der Waals surface area contributed by atoms with E-state index in [2.05, 4.69) is 25.9 Å². The summed E-state index contributed by atoms with van der Waals surface area (Å²) in [5.74, 6) is 0. The number of likely N-dealkylation sites (tertiary alicyclic amines) is 1. The van der Waals surface area contributed by atoms with E-state index >= 15 is 0 Å². The number of thiazole rings is 1. The van der Waals surface area contributed by atoms with E-state index in [0.717, 1.165) is 31.5 Å². The van der Waals surface area contributed by atoms with Gasteiger partial charge in [-0.15, -0.1) is 11.3 Å². The zero-order valence-electron chi connectivity index (χ0n) is 15.7. The monoisotopic (exact) mass is 380 g/mol. The smallest absolute Gasteiger partial charge is 0.315 e. The topological polar surface area (TPSA) is 66.5 Å². The first-order valence-corrected chi connectivity index (χ1v) is 11.0. The van der Waals surface area contributed by atoms with E-state index in [1.165, 1.54) is 50.2 Å². The molecular weight excluding hydrogens is 348 g/mol. The predicted molar refractivity (Wildman–Crippen MR) is 104 cm³/mol. The van der Waals surface area contributed by atoms with Gasteiger partial charge in [-0.05, 0) is 45.2 Å². The Morgan fingerprint density at radius 1 is 1.23 bits per heavy atom. The molecule has 3 rings (SSSR count). The van der Waals surface area contributed by atoms with Crippen molar-refractivity contribution in [1.82, 2.24) is 20.5 Å². The van der Waals surface area contributed by atoms with Crippen molar-refractivity contribution in [3.8, 4) is 0 Å². The summed E-state index contributed by atoms with van der Waals surface area (Å²) in [5.41, 5.74) is 1.02. The van der Waals surface area contributed by atoms with Crippen LogP contribution in [0, 0.1) is 0 Å². The Morgan fingerprint density at radius 2 is 2.04 bits per heavy atom. The maximum Gasteiger partial charge on any atom is 0.315 e. The highest BCUT2D eigenvalue weighted by molar-refractivity contribution is 7.09. The molecule has 2 amide bonds. The number of nitrogens with zero attached hydrogens (tertiary/aromatic N) is 2. The van der Waals surface area contributed by atoms with Gasteiger partial charge in [0.25, 0.3) is 0 Å². The summed E-state index contributed by atoms with van der Waals surface area (Å²) in [6, 6.07) is 0.322. The summed E-state index contributed by atoms with van der Waals surface area (Å²) in [4.78, 5) is 19.0. The van der Waals surface area contributed by atoms with E-state index in [9.17, 15) is 4.79 Å². The molecule has 1 aliphatic carbocycles. The first-order chi connectivity index (χ1) is 12.8. The second-order valence-corrected chi connectivity index (χ2v) is 8.30. The van der Waals surface area contributed by atoms with Gasteiger partial charge in [0, 0.05) is 24.6 Å². The Hall–Kier alpha value is -1.18. The average molecular weight is 381 g/mol. The van der Waals surface area contributed by atoms with Gasteiger partial charge in [-0.1, -0.05) is 19.3 Å². The van der Waals surface area contributed by atoms with E-state index in [4.69, 9.17) is 4.74 Å². The normalized spacial score (nSPS) is 18.9. The van der Waals surface area contributed by atoms with Gasteiger partial charge in [0.1, 0.15) is 5.01 Å². The van der Waals surface area contributed by atoms with Crippen LogP contribution >= 0.6 is 11.3 Å². The van der Waals surface area contributed by atoms with Crippen LogP contribution in [0.25, 0.3) is 0 Å². The van der Waals surface area contributed by atoms with Gasteiger partial charge in [-0.25, -0.2) is 9.78 Å². The third kappa shape index (κ3) is 6.85. The molecule has 26 heavy (non-hydrogen) atoms. The van der Waals surface area contributed by atoms with Crippen molar-refractivity contribution in [2.24, 2.45) is 0 Å². The van der Waals surface area contributed by atoms with Crippen LogP contribution in [0.2, 0.25) is 0 Å². The first kappa shape index (κ1) is 19.6. The summed E-state index contributed by atoms with van der Waals surface area (Å²) in [7, 11) is 0. The summed E-state index contributed by atoms with van der Waals surface area (Å²) < 4.78 is 5.69. The molecule has 0 unspecified atom stereocenters. The number of urea groups is 1. The first-order valence-electron chi connectivity index (χ1n) is 10.1. The Balaban J connectivity index is 1.21. The molecule has 146 valence electrons. The highest BCUT2D eigenvalue weighted by atomic mass is 32.1. The van der Waals surface area contributed by atoms with Crippen molar-refractivity contribution in [2.75, 3.05) is 26.2 Å². The molecule has 1 aromatic heterocycles. The van der Waals surface area contributed by atoms with Gasteiger partial charge in [0.2, 0.25) is 0 Å². The highest BCUT2D eigenvalue weighted by Crippen LogP contribution is 2.17. The van der Waals surface area contributed by atoms with Crippen molar-refractivity contribution >= 4 is 17.4 Å². The molecule has 6 nitrogen and oxygen atoms in total. The minimum atomic E-state index is -0.0389. The molecule has 0 bridgehead atoms. The van der Waals surface area contributed by atoms with Gasteiger partial charge in [0.05, 0.1) is 18.8 Å². The maximum atomic E-state index is 11.8. The van der Waals surface area contributed by atoms with Crippen LogP contribution in [0.15, 0.2) is 5.38 Å². The quantitative estimate of drug-likeness (QED) is 0.645. The molecule has 2 fully saturated rings. The number of carbonyl (C=O) groups is 1. The van der Waals surface area contributed by atoms with Crippen LogP contribution in [0.1, 0.15) is 62.1 Å². The van der Waals surface area contributed by atoms with Crippen LogP contribution in [0.5, 0.6) is 0 Å². The fraction of sp³-hybridized carbons (Fsp3) is 0.789. The van der Waals surface area contributed by atoms with Crippen LogP contribution in [-0.4, -0.2) is 48.2 Å². The molecular formula is C19H32N4O2S. The minimum absolute atomic E-state index is 0.0389. The second kappa shape index (κ2) is 10.8. The van der Waals surface area contributed by atoms with Crippen LogP contribution in [-0.2, 0) is 17.9 Å². The van der Waals surface area contributed by atoms with Crippen molar-refractivity contribution in [3.05, 3.63) is 16.1 Å². The van der Waals surface area contributed by atoms with Gasteiger partial charge >= 0.3 is 6.03 Å². The summed E-state index contributed by atoms with van der Waals surface area (Å²) >= 11 is 1.73. The maximum absolute atomic E-state index is 11.8. The van der Waals surface area contributed by atoms with Crippen molar-refractivity contribution in [3.63, 3.8) is 0 Å². The van der Waals surface area contributed by atoms with E-state index in [1.807, 2.05) is 0 Å². The highest BCUT2D eigenvalue weighted by Gasteiger charge is 2.15. The molecule has 7 heteroatoms. The standard InChI is InChI=1S/C19H32N4O2S/c24-19(22-16-7-2-1-3-8-16)20-9-6-12-25-14-17-15-26-18(21-17)13-23-10-4-5-11-23/h15-16H,1-14H2,(H2,20,22,24). The lowest BCUT2D eigenvalue weighted by Gasteiger charge is -2.22. The Bertz CT molecular complexity index is 539. The van der Waals surface area contributed by atoms with E-state index in [0.29, 0.717) is 25.8 Å². The van der Waals surface area contributed by atoms with Crippen molar-refractivity contribution in [2.45, 2.75) is 70.6 Å². The third-order valence-electron chi connectivity index (χ3n) is 5.10. The largest absolute Gasteiger partial charge is 0.375 e. The SMILES string of the molecule is O=C(NCCCOCc1csc(CN2CCCC2)n1)NC1CCCCC1. The second-order valence-electron chi connectivity index (χ2n) is 7.36. The number of hydrogen-bond acceptors (Lipinski definition) is 5. The number of rotatable bonds is 9. The Morgan fingerprint density at radius 3 is 2.85 bits per heavy atom. The van der Waals surface area contributed by atoms with E-state index < -0.39 is 0 Å². The number of hydrogen-bond donors (Lipinski definition) is 2. The van der Waals surface area contributed by atoms with Gasteiger partial charge in [-0.3, -0.25) is 4.90 Å². The summed E-state index contributed by atoms with van der Waals surface area (Å²) in [5, 5.41) is 9.27. The fourth-order valence-corrected chi connectivity index (χ4v) is 4.48. The van der Waals surface area contributed by atoms with E-state index in [1.54, 1.807) is 11.3 Å². The fourth-order valence-electron chi connectivity index (χ4n) is 3.66. The molecule has 2 heterocycles. The predicted octanol–water partition coefficient (Wildman–Crippen LogP) is 3.28. The van der Waals surface area contributed by atoms with Crippen LogP contribution in [0.3, 0.4) is 0 Å². The van der Waals surface area contributed by atoms with Crippen molar-refractivity contribution in [1.29, 1.82) is 0 Å². The molecule has 0 radical (unpaired) electrons. The zero-order chi connectivity index (χ0) is 18.0. The van der Waals surface area contributed by atoms with E-state index in [-0.39, 0.29) is 6.03 Å². The summed E-state index contributed by atoms with van der Waals surface area (Å²) in [6.45, 7) is 5.23. The third-order valence-corrected chi connectivity index (χ3v) is 5.98. The molecule has 1 saturated heterocycles. The minimum Gasteiger partial charge on any atom is -0.375 e. The molecule has 0 atom stereocenters. The number of amides is 2. The van der Waals surface area contributed by atoms with Gasteiger partial charge in [0.15, 0.2) is 0 Å². The molecule has 2 aliphatic rings. The van der Waals surface area contributed by atoms with Gasteiger partial charge < -0.3 is 15.4 Å². The van der Waals surface area contributed by atoms with Gasteiger partial charge in [-0.2, -0.15) is 0 Å². The number of ether oxygens (including phenoxy) is 1. The van der Waals surface area contributed by atoms with Crippen molar-refractivity contribution < 1.29 is 9.53 Å². The Kier molecular flexibility index (Phi) is 8.17. The van der Waals surface area contributed by atoms with Crippen LogP contribution < -0.4 is 10.6 Å². The zero-order valence-corrected chi connectivity index (χ0v) is 16.5. The molecule has 0 spiro atoms. The summed E-state index contributed by atoms with van der Waals surface area (Å²) in [6.07, 6.45) is 9.44. The molecule has 1 aliphatic heterocycles. The lowest BCUT2D eigenvalue weighted by Crippen LogP contribution is -2.43. The number of aromatic nitrogens is 1. The number of carbonyl (C=O) groups excluding carboxylic acids is 1. The molecule has 1 aromatic rings. The molecule has 1 saturated carbocycles. The molecule has 0 aromatic carbocycles. The lowest BCUT2D eigenvalue weighted by atomic mass is 9.96. The number of nitrogens with one attached hydrogen (secondary N) is 2. The average Bonchev–Trinajstić information content (AvgIpc) is 3.31. The molecule has 2 N–H and O–H groups in total. The van der Waals surface area contributed by atoms with Crippen LogP contribution in [0.4, 0.5) is 4.79 Å². The Labute approximate surface area is 160 Å². The lowest BCUT2D eigenvalue weighted by molar-refractivity contribution is 0.116.